The molecule has 19 heavy (non-hydrogen) atoms. The van der Waals surface area contributed by atoms with Crippen molar-refractivity contribution in [2.24, 2.45) is 5.14 Å². The van der Waals surface area contributed by atoms with E-state index in [1.54, 1.807) is 12.1 Å². The van der Waals surface area contributed by atoms with Crippen molar-refractivity contribution < 1.29 is 8.42 Å². The molecule has 0 unspecified atom stereocenters. The molecule has 0 spiro atoms. The summed E-state index contributed by atoms with van der Waals surface area (Å²) in [7, 11) is -3.69. The summed E-state index contributed by atoms with van der Waals surface area (Å²) in [5.41, 5.74) is 2.67. The lowest BCUT2D eigenvalue weighted by molar-refractivity contribution is 0.598. The molecule has 0 aliphatic heterocycles. The molecule has 96 valence electrons. The predicted molar refractivity (Wildman–Crippen MR) is 75.4 cm³/mol. The highest BCUT2D eigenvalue weighted by molar-refractivity contribution is 7.89. The molecule has 0 amide bonds. The van der Waals surface area contributed by atoms with Crippen LogP contribution in [0.2, 0.25) is 0 Å². The number of rotatable bonds is 1. The van der Waals surface area contributed by atoms with Crippen LogP contribution in [0.3, 0.4) is 0 Å². The summed E-state index contributed by atoms with van der Waals surface area (Å²) in [4.78, 5) is 4.64. The monoisotopic (exact) mass is 272 g/mol. The molecule has 3 rings (SSSR count). The molecule has 2 aromatic carbocycles. The molecule has 0 aliphatic rings. The van der Waals surface area contributed by atoms with Gasteiger partial charge in [0.1, 0.15) is 0 Å². The van der Waals surface area contributed by atoms with Crippen LogP contribution >= 0.6 is 0 Å². The van der Waals surface area contributed by atoms with Crippen molar-refractivity contribution in [2.75, 3.05) is 0 Å². The summed E-state index contributed by atoms with van der Waals surface area (Å²) < 4.78 is 22.8. The van der Waals surface area contributed by atoms with Crippen molar-refractivity contribution in [3.63, 3.8) is 0 Å². The first-order chi connectivity index (χ1) is 8.97. The standard InChI is InChI=1S/C14H12N2O2S/c1-9-11-4-2-3-5-13(11)16-14-7-6-10(8-12(9)14)19(15,17)18/h2-8H,1H3,(H2,15,17,18). The molecule has 3 aromatic rings. The number of hydrogen-bond donors (Lipinski definition) is 1. The van der Waals surface area contributed by atoms with Gasteiger partial charge in [-0.05, 0) is 36.8 Å². The zero-order valence-corrected chi connectivity index (χ0v) is 11.1. The molecule has 0 atom stereocenters. The van der Waals surface area contributed by atoms with E-state index < -0.39 is 10.0 Å². The van der Waals surface area contributed by atoms with Gasteiger partial charge in [0.25, 0.3) is 0 Å². The fourth-order valence-corrected chi connectivity index (χ4v) is 2.79. The molecule has 4 nitrogen and oxygen atoms in total. The number of aryl methyl sites for hydroxylation is 1. The van der Waals surface area contributed by atoms with Gasteiger partial charge >= 0.3 is 0 Å². The SMILES string of the molecule is Cc1c2ccccc2nc2ccc(S(N)(=O)=O)cc12. The Morgan fingerprint density at radius 1 is 1.00 bits per heavy atom. The summed E-state index contributed by atoms with van der Waals surface area (Å²) in [5, 5.41) is 6.99. The molecular weight excluding hydrogens is 260 g/mol. The second kappa shape index (κ2) is 4.01. The number of nitrogens with two attached hydrogens (primary N) is 1. The number of aromatic nitrogens is 1. The Bertz CT molecular complexity index is 902. The lowest BCUT2D eigenvalue weighted by Gasteiger charge is -2.08. The third-order valence-corrected chi connectivity index (χ3v) is 4.16. The van der Waals surface area contributed by atoms with Gasteiger partial charge in [0, 0.05) is 10.8 Å². The maximum Gasteiger partial charge on any atom is 0.238 e. The van der Waals surface area contributed by atoms with E-state index >= 15 is 0 Å². The van der Waals surface area contributed by atoms with E-state index in [1.165, 1.54) is 6.07 Å². The minimum absolute atomic E-state index is 0.111. The lowest BCUT2D eigenvalue weighted by Crippen LogP contribution is -2.12. The fraction of sp³-hybridized carbons (Fsp3) is 0.0714. The number of pyridine rings is 1. The van der Waals surface area contributed by atoms with E-state index in [9.17, 15) is 8.42 Å². The smallest absolute Gasteiger partial charge is 0.238 e. The van der Waals surface area contributed by atoms with Gasteiger partial charge in [0.15, 0.2) is 0 Å². The predicted octanol–water partition coefficient (Wildman–Crippen LogP) is 2.34. The van der Waals surface area contributed by atoms with Crippen LogP contribution in [0.5, 0.6) is 0 Å². The van der Waals surface area contributed by atoms with Gasteiger partial charge in [-0.15, -0.1) is 0 Å². The molecule has 0 saturated carbocycles. The van der Waals surface area contributed by atoms with E-state index in [4.69, 9.17) is 5.14 Å². The Kier molecular flexibility index (Phi) is 2.55. The van der Waals surface area contributed by atoms with Gasteiger partial charge in [-0.1, -0.05) is 18.2 Å². The van der Waals surface area contributed by atoms with Gasteiger partial charge < -0.3 is 0 Å². The van der Waals surface area contributed by atoms with Crippen LogP contribution in [-0.2, 0) is 10.0 Å². The number of benzene rings is 2. The van der Waals surface area contributed by atoms with Gasteiger partial charge in [-0.25, -0.2) is 18.5 Å². The largest absolute Gasteiger partial charge is 0.248 e. The summed E-state index contributed by atoms with van der Waals surface area (Å²) in [6, 6.07) is 12.5. The Balaban J connectivity index is 2.46. The van der Waals surface area contributed by atoms with E-state index in [0.29, 0.717) is 0 Å². The van der Waals surface area contributed by atoms with Crippen LogP contribution in [0.4, 0.5) is 0 Å². The summed E-state index contributed by atoms with van der Waals surface area (Å²) in [5.74, 6) is 0. The Morgan fingerprint density at radius 2 is 1.68 bits per heavy atom. The van der Waals surface area contributed by atoms with Crippen molar-refractivity contribution in [3.8, 4) is 0 Å². The highest BCUT2D eigenvalue weighted by atomic mass is 32.2. The minimum atomic E-state index is -3.69. The highest BCUT2D eigenvalue weighted by Gasteiger charge is 2.11. The fourth-order valence-electron chi connectivity index (χ4n) is 2.25. The van der Waals surface area contributed by atoms with Gasteiger partial charge in [0.05, 0.1) is 15.9 Å². The number of sulfonamides is 1. The Hall–Kier alpha value is -1.98. The summed E-state index contributed by atoms with van der Waals surface area (Å²) >= 11 is 0. The van der Waals surface area contributed by atoms with Gasteiger partial charge in [-0.3, -0.25) is 0 Å². The maximum absolute atomic E-state index is 11.4. The first kappa shape index (κ1) is 12.1. The van der Waals surface area contributed by atoms with Gasteiger partial charge in [0.2, 0.25) is 10.0 Å². The first-order valence-electron chi connectivity index (χ1n) is 5.79. The van der Waals surface area contributed by atoms with Crippen LogP contribution in [0, 0.1) is 6.92 Å². The number of fused-ring (bicyclic) bond motifs is 2. The first-order valence-corrected chi connectivity index (χ1v) is 7.33. The quantitative estimate of drug-likeness (QED) is 0.691. The normalized spacial score (nSPS) is 12.1. The molecule has 0 aliphatic carbocycles. The molecule has 0 fully saturated rings. The van der Waals surface area contributed by atoms with Gasteiger partial charge in [-0.2, -0.15) is 0 Å². The van der Waals surface area contributed by atoms with Crippen molar-refractivity contribution >= 4 is 31.8 Å². The Labute approximate surface area is 110 Å². The van der Waals surface area contributed by atoms with Crippen LogP contribution in [0.1, 0.15) is 5.56 Å². The van der Waals surface area contributed by atoms with Crippen LogP contribution in [0.15, 0.2) is 47.4 Å². The van der Waals surface area contributed by atoms with E-state index in [0.717, 1.165) is 27.4 Å². The zero-order chi connectivity index (χ0) is 13.6. The molecule has 1 aromatic heterocycles. The van der Waals surface area contributed by atoms with Crippen molar-refractivity contribution in [3.05, 3.63) is 48.0 Å². The molecule has 5 heteroatoms. The van der Waals surface area contributed by atoms with Crippen molar-refractivity contribution in [1.82, 2.24) is 4.98 Å². The molecular formula is C14H12N2O2S. The van der Waals surface area contributed by atoms with Crippen molar-refractivity contribution in [1.29, 1.82) is 0 Å². The van der Waals surface area contributed by atoms with E-state index in [1.807, 2.05) is 31.2 Å². The molecule has 1 heterocycles. The number of hydrogen-bond acceptors (Lipinski definition) is 3. The zero-order valence-electron chi connectivity index (χ0n) is 10.3. The average molecular weight is 272 g/mol. The number of primary sulfonamides is 1. The summed E-state index contributed by atoms with van der Waals surface area (Å²) in [6.45, 7) is 1.96. The Morgan fingerprint density at radius 3 is 2.42 bits per heavy atom. The average Bonchev–Trinajstić information content (AvgIpc) is 2.37. The van der Waals surface area contributed by atoms with E-state index in [2.05, 4.69) is 4.98 Å². The minimum Gasteiger partial charge on any atom is -0.248 e. The third kappa shape index (κ3) is 1.97. The molecule has 2 N–H and O–H groups in total. The number of nitrogens with zero attached hydrogens (tertiary/aromatic N) is 1. The van der Waals surface area contributed by atoms with Crippen molar-refractivity contribution in [2.45, 2.75) is 11.8 Å². The second-order valence-electron chi connectivity index (χ2n) is 4.48. The molecule has 0 radical (unpaired) electrons. The van der Waals surface area contributed by atoms with Crippen LogP contribution < -0.4 is 5.14 Å². The second-order valence-corrected chi connectivity index (χ2v) is 6.04. The molecule has 0 bridgehead atoms. The summed E-state index contributed by atoms with van der Waals surface area (Å²) in [6.07, 6.45) is 0. The van der Waals surface area contributed by atoms with Crippen LogP contribution in [0.25, 0.3) is 21.8 Å². The van der Waals surface area contributed by atoms with E-state index in [-0.39, 0.29) is 4.90 Å². The lowest BCUT2D eigenvalue weighted by atomic mass is 10.0. The molecule has 0 saturated heterocycles. The highest BCUT2D eigenvalue weighted by Crippen LogP contribution is 2.26. The topological polar surface area (TPSA) is 73.0 Å². The van der Waals surface area contributed by atoms with Crippen LogP contribution in [-0.4, -0.2) is 13.4 Å². The third-order valence-electron chi connectivity index (χ3n) is 3.25. The number of para-hydroxylation sites is 1. The maximum atomic E-state index is 11.4.